The van der Waals surface area contributed by atoms with Crippen LogP contribution in [0, 0.1) is 0 Å². The van der Waals surface area contributed by atoms with Gasteiger partial charge in [0.15, 0.2) is 0 Å². The highest BCUT2D eigenvalue weighted by molar-refractivity contribution is 5.75. The summed E-state index contributed by atoms with van der Waals surface area (Å²) in [5, 5.41) is 0. The third-order valence-corrected chi connectivity index (χ3v) is 0. The molecule has 0 amide bonds. The zero-order chi connectivity index (χ0) is 2.71. The molecule has 0 aliphatic carbocycles. The van der Waals surface area contributed by atoms with Crippen molar-refractivity contribution in [2.24, 2.45) is 0 Å². The molecule has 0 heterocycles. The van der Waals surface area contributed by atoms with Gasteiger partial charge in [-0.25, -0.2) is 4.39 Å². The van der Waals surface area contributed by atoms with Crippen LogP contribution in [0.25, 0.3) is 0 Å². The second kappa shape index (κ2) is 13.1. The Labute approximate surface area is 29.4 Å². The summed E-state index contributed by atoms with van der Waals surface area (Å²) in [6.07, 6.45) is 0.250. The fourth-order valence-electron chi connectivity index (χ4n) is 0. The van der Waals surface area contributed by atoms with E-state index in [9.17, 15) is 4.39 Å². The first kappa shape index (κ1) is 9.10. The lowest BCUT2D eigenvalue weighted by Crippen LogP contribution is -0.990. The lowest BCUT2D eigenvalue weighted by Gasteiger charge is -1.28. The van der Waals surface area contributed by atoms with Crippen molar-refractivity contribution < 1.29 is 4.39 Å². The van der Waals surface area contributed by atoms with Crippen molar-refractivity contribution in [3.05, 3.63) is 12.9 Å². The lowest BCUT2D eigenvalue weighted by molar-refractivity contribution is 0.725. The highest BCUT2D eigenvalue weighted by atomic mass is 28.1. The second-order valence-corrected chi connectivity index (χ2v) is 0.154. The summed E-state index contributed by atoms with van der Waals surface area (Å²) in [6, 6.07) is 0. The third kappa shape index (κ3) is 116. The summed E-state index contributed by atoms with van der Waals surface area (Å²) in [5.41, 5.74) is 0. The van der Waals surface area contributed by atoms with E-state index in [1.165, 1.54) is 0 Å². The van der Waals surface area contributed by atoms with Crippen molar-refractivity contribution in [1.82, 2.24) is 0 Å². The van der Waals surface area contributed by atoms with Crippen LogP contribution >= 0.6 is 0 Å². The first-order chi connectivity index (χ1) is 1.41. The molecule has 2 heteroatoms. The van der Waals surface area contributed by atoms with Crippen LogP contribution in [0.1, 0.15) is 0 Å². The number of hydrogen-bond donors (Lipinski definition) is 0. The molecule has 0 unspecified atom stereocenters. The average molecular weight is 74.1 g/mol. The normalized spacial score (nSPS) is 3.25. The van der Waals surface area contributed by atoms with Gasteiger partial charge >= 0.3 is 0 Å². The van der Waals surface area contributed by atoms with Crippen LogP contribution in [0.3, 0.4) is 0 Å². The van der Waals surface area contributed by atoms with Gasteiger partial charge in [0, 0.05) is 11.0 Å². The number of hydrogen-bond acceptors (Lipinski definition) is 0. The summed E-state index contributed by atoms with van der Waals surface area (Å²) in [4.78, 5) is 0. The fraction of sp³-hybridized carbons (Fsp3) is 0. The van der Waals surface area contributed by atoms with Crippen molar-refractivity contribution in [2.75, 3.05) is 0 Å². The van der Waals surface area contributed by atoms with E-state index < -0.39 is 0 Å². The maximum Gasteiger partial charge on any atom is 0.0795 e. The number of halogens is 1. The lowest BCUT2D eigenvalue weighted by atomic mass is 11.2. The van der Waals surface area contributed by atoms with Crippen molar-refractivity contribution in [1.29, 1.82) is 0 Å². The van der Waals surface area contributed by atoms with E-state index in [0.29, 0.717) is 0 Å². The van der Waals surface area contributed by atoms with Crippen LogP contribution in [0.2, 0.25) is 0 Å². The molecule has 0 bridgehead atoms. The van der Waals surface area contributed by atoms with E-state index >= 15 is 0 Å². The minimum absolute atomic E-state index is 0. The van der Waals surface area contributed by atoms with E-state index in [1.54, 1.807) is 0 Å². The van der Waals surface area contributed by atoms with E-state index in [0.717, 1.165) is 0 Å². The second-order valence-electron chi connectivity index (χ2n) is 0.154. The third-order valence-electron chi connectivity index (χ3n) is 0. The van der Waals surface area contributed by atoms with Crippen LogP contribution in [0.5, 0.6) is 0 Å². The smallest absolute Gasteiger partial charge is 0.0795 e. The predicted molar refractivity (Wildman–Crippen MR) is 17.1 cm³/mol. The topological polar surface area (TPSA) is 0 Å². The van der Waals surface area contributed by atoms with Crippen molar-refractivity contribution >= 4 is 11.0 Å². The molecular weight excluding hydrogens is 71.1 g/mol. The monoisotopic (exact) mass is 74.0 g/mol. The van der Waals surface area contributed by atoms with Crippen molar-refractivity contribution in [3.63, 3.8) is 0 Å². The molecule has 4 radical (unpaired) electrons. The van der Waals surface area contributed by atoms with Gasteiger partial charge < -0.3 is 0 Å². The van der Waals surface area contributed by atoms with Gasteiger partial charge in [-0.15, -0.1) is 0 Å². The molecule has 22 valence electrons. The minimum atomic E-state index is 0. The largest absolute Gasteiger partial charge is 0.216 e. The van der Waals surface area contributed by atoms with Crippen LogP contribution in [0.15, 0.2) is 12.9 Å². The average Bonchev–Trinajstić information content (AvgIpc) is 0.918. The molecule has 0 N–H and O–H groups in total. The molecule has 0 atom stereocenters. The highest BCUT2D eigenvalue weighted by Gasteiger charge is 1.19. The van der Waals surface area contributed by atoms with E-state index in [2.05, 4.69) is 6.58 Å². The summed E-state index contributed by atoms with van der Waals surface area (Å²) < 4.78 is 10.1. The van der Waals surface area contributed by atoms with Gasteiger partial charge in [0.05, 0.1) is 6.33 Å². The molecule has 0 aromatic carbocycles. The van der Waals surface area contributed by atoms with Crippen LogP contribution in [0.4, 0.5) is 4.39 Å². The van der Waals surface area contributed by atoms with Crippen LogP contribution in [-0.2, 0) is 0 Å². The van der Waals surface area contributed by atoms with Crippen molar-refractivity contribution in [3.8, 4) is 0 Å². The molecule has 4 heavy (non-hydrogen) atoms. The van der Waals surface area contributed by atoms with Gasteiger partial charge in [-0.2, -0.15) is 0 Å². The van der Waals surface area contributed by atoms with Gasteiger partial charge in [-0.3, -0.25) is 0 Å². The predicted octanol–water partition coefficient (Wildman–Crippen LogP) is 0.719. The molecule has 0 saturated heterocycles. The Morgan fingerprint density at radius 3 is 1.75 bits per heavy atom. The summed E-state index contributed by atoms with van der Waals surface area (Å²) >= 11 is 0. The Hall–Kier alpha value is -0.113. The Bertz CT molecular complexity index is 13.5. The summed E-state index contributed by atoms with van der Waals surface area (Å²) in [7, 11) is 0. The highest BCUT2D eigenvalue weighted by Crippen LogP contribution is 1.48. The molecule has 0 spiro atoms. The maximum absolute atomic E-state index is 10.1. The van der Waals surface area contributed by atoms with Crippen molar-refractivity contribution in [2.45, 2.75) is 0 Å². The minimum Gasteiger partial charge on any atom is -0.216 e. The first-order valence-electron chi connectivity index (χ1n) is 0.626. The Morgan fingerprint density at radius 2 is 1.75 bits per heavy atom. The first-order valence-corrected chi connectivity index (χ1v) is 0.626. The van der Waals surface area contributed by atoms with Crippen LogP contribution < -0.4 is 0 Å². The molecule has 0 nitrogen and oxygen atoms in total. The maximum atomic E-state index is 10.1. The molecule has 0 rings (SSSR count). The van der Waals surface area contributed by atoms with Gasteiger partial charge in [0.1, 0.15) is 0 Å². The zero-order valence-corrected chi connectivity index (χ0v) is 3.16. The molecule has 0 aromatic rings. The number of rotatable bonds is 0. The summed E-state index contributed by atoms with van der Waals surface area (Å²) in [5.74, 6) is 0. The van der Waals surface area contributed by atoms with E-state index in [-0.39, 0.29) is 17.3 Å². The Kier molecular flexibility index (Phi) is 29.7. The molecular formula is C2H3FSi. The Balaban J connectivity index is 0. The van der Waals surface area contributed by atoms with Gasteiger partial charge in [-0.05, 0) is 0 Å². The quantitative estimate of drug-likeness (QED) is 0.371. The molecule has 0 aliphatic heterocycles. The van der Waals surface area contributed by atoms with Gasteiger partial charge in [0.25, 0.3) is 0 Å². The van der Waals surface area contributed by atoms with Crippen LogP contribution in [-0.4, -0.2) is 11.0 Å². The SMILES string of the molecule is C=CF.[Si]. The molecule has 0 saturated carbocycles. The Morgan fingerprint density at radius 1 is 1.75 bits per heavy atom. The summed E-state index contributed by atoms with van der Waals surface area (Å²) in [6.45, 7) is 2.69. The van der Waals surface area contributed by atoms with Gasteiger partial charge in [-0.1, -0.05) is 6.58 Å². The fourth-order valence-corrected chi connectivity index (χ4v) is 0. The molecule has 0 aliphatic rings. The van der Waals surface area contributed by atoms with Gasteiger partial charge in [0.2, 0.25) is 0 Å². The standard InChI is InChI=1S/C2H3F.Si/c1-2-3;/h2H,1H2;. The van der Waals surface area contributed by atoms with E-state index in [4.69, 9.17) is 0 Å². The molecule has 0 aromatic heterocycles. The molecule has 0 fully saturated rings. The van der Waals surface area contributed by atoms with E-state index in [1.807, 2.05) is 0 Å². The zero-order valence-electron chi connectivity index (χ0n) is 2.16.